The van der Waals surface area contributed by atoms with Gasteiger partial charge in [-0.25, -0.2) is 4.39 Å². The highest BCUT2D eigenvalue weighted by atomic mass is 35.5. The molecule has 2 amide bonds. The summed E-state index contributed by atoms with van der Waals surface area (Å²) < 4.78 is 15.8. The molecule has 202 valence electrons. The highest BCUT2D eigenvalue weighted by Crippen LogP contribution is 2.57. The predicted octanol–water partition coefficient (Wildman–Crippen LogP) is 5.51. The molecule has 0 aromatic heterocycles. The van der Waals surface area contributed by atoms with Crippen LogP contribution >= 0.6 is 23.2 Å². The summed E-state index contributed by atoms with van der Waals surface area (Å²) in [4.78, 5) is 39.8. The lowest BCUT2D eigenvalue weighted by atomic mass is 9.62. The zero-order valence-electron chi connectivity index (χ0n) is 21.7. The summed E-state index contributed by atoms with van der Waals surface area (Å²) in [6.45, 7) is 6.21. The number of benzene rings is 2. The fraction of sp³-hybridized carbons (Fsp3) is 0.483. The second-order valence-corrected chi connectivity index (χ2v) is 12.8. The van der Waals surface area contributed by atoms with E-state index in [-0.39, 0.29) is 39.6 Å². The molecule has 3 aliphatic rings. The van der Waals surface area contributed by atoms with Crippen LogP contribution in [0.2, 0.25) is 10.0 Å². The third-order valence-electron chi connectivity index (χ3n) is 8.11. The van der Waals surface area contributed by atoms with Gasteiger partial charge < -0.3 is 16.0 Å². The zero-order chi connectivity index (χ0) is 27.4. The first kappa shape index (κ1) is 27.1. The van der Waals surface area contributed by atoms with Crippen LogP contribution < -0.4 is 16.0 Å². The minimum absolute atomic E-state index is 0.0726. The van der Waals surface area contributed by atoms with E-state index in [2.05, 4.69) is 36.7 Å². The summed E-state index contributed by atoms with van der Waals surface area (Å²) in [5.41, 5.74) is -0.0620. The van der Waals surface area contributed by atoms with E-state index in [4.69, 9.17) is 23.2 Å². The van der Waals surface area contributed by atoms with Crippen molar-refractivity contribution in [2.75, 3.05) is 5.32 Å². The minimum atomic E-state index is -1.29. The summed E-state index contributed by atoms with van der Waals surface area (Å²) in [7, 11) is 0. The van der Waals surface area contributed by atoms with Crippen LogP contribution in [0.1, 0.15) is 69.9 Å². The Kier molecular flexibility index (Phi) is 7.08. The van der Waals surface area contributed by atoms with Crippen molar-refractivity contribution in [3.05, 3.63) is 63.4 Å². The molecular formula is C29H32Cl2FN3O3. The number of anilines is 1. The molecule has 0 bridgehead atoms. The monoisotopic (exact) mass is 559 g/mol. The number of halogens is 3. The van der Waals surface area contributed by atoms with Crippen LogP contribution in [-0.4, -0.2) is 35.7 Å². The van der Waals surface area contributed by atoms with Crippen LogP contribution in [0.15, 0.2) is 36.4 Å². The standard InChI is InChI=1S/C29H32Cl2FN3O3/c1-28(2,3)14-22-29(19-12-7-15(30)13-21(19)34-27(29)38)23(18-5-4-6-20(31)24(18)32)25(35-22)26(37)33-16-8-10-17(36)11-9-16/h4-7,12-13,16,22-23,25,35H,8-11,14H2,1-3H3,(H,33,37)(H,34,38). The molecule has 2 heterocycles. The van der Waals surface area contributed by atoms with E-state index in [1.807, 2.05) is 0 Å². The molecule has 2 aromatic carbocycles. The molecule has 9 heteroatoms. The van der Waals surface area contributed by atoms with Crippen molar-refractivity contribution >= 4 is 46.5 Å². The molecule has 38 heavy (non-hydrogen) atoms. The summed E-state index contributed by atoms with van der Waals surface area (Å²) >= 11 is 12.5. The molecule has 4 atom stereocenters. The van der Waals surface area contributed by atoms with Crippen molar-refractivity contribution in [2.24, 2.45) is 5.41 Å². The fourth-order valence-corrected chi connectivity index (χ4v) is 6.88. The Morgan fingerprint density at radius 3 is 2.53 bits per heavy atom. The number of amides is 2. The molecule has 2 aliphatic heterocycles. The largest absolute Gasteiger partial charge is 0.352 e. The Labute approximate surface area is 232 Å². The Hall–Kier alpha value is -2.48. The molecule has 6 nitrogen and oxygen atoms in total. The minimum Gasteiger partial charge on any atom is -0.352 e. The molecule has 2 aromatic rings. The summed E-state index contributed by atoms with van der Waals surface area (Å²) in [6.07, 6.45) is 2.51. The van der Waals surface area contributed by atoms with Crippen LogP contribution in [0.5, 0.6) is 0 Å². The maximum Gasteiger partial charge on any atom is 0.238 e. The third kappa shape index (κ3) is 4.63. The van der Waals surface area contributed by atoms with Gasteiger partial charge in [0.25, 0.3) is 0 Å². The van der Waals surface area contributed by atoms with Crippen molar-refractivity contribution in [1.82, 2.24) is 10.6 Å². The van der Waals surface area contributed by atoms with Gasteiger partial charge in [-0.2, -0.15) is 0 Å². The van der Waals surface area contributed by atoms with Gasteiger partial charge >= 0.3 is 0 Å². The Balaban J connectivity index is 1.68. The van der Waals surface area contributed by atoms with Crippen LogP contribution in [0.25, 0.3) is 0 Å². The number of fused-ring (bicyclic) bond motifs is 2. The number of Topliss-reactive ketones (excluding diaryl/α,β-unsaturated/α-hetero) is 1. The summed E-state index contributed by atoms with van der Waals surface area (Å²) in [5, 5.41) is 9.94. The van der Waals surface area contributed by atoms with E-state index in [0.717, 1.165) is 0 Å². The van der Waals surface area contributed by atoms with Gasteiger partial charge in [0, 0.05) is 41.6 Å². The van der Waals surface area contributed by atoms with E-state index < -0.39 is 29.2 Å². The first-order chi connectivity index (χ1) is 17.9. The normalized spacial score (nSPS) is 27.5. The first-order valence-electron chi connectivity index (χ1n) is 13.1. The average Bonchev–Trinajstić information content (AvgIpc) is 3.31. The molecule has 3 N–H and O–H groups in total. The van der Waals surface area contributed by atoms with Crippen molar-refractivity contribution in [2.45, 2.75) is 82.3 Å². The fourth-order valence-electron chi connectivity index (χ4n) is 6.53. The number of hydrogen-bond donors (Lipinski definition) is 3. The molecule has 5 rings (SSSR count). The quantitative estimate of drug-likeness (QED) is 0.460. The van der Waals surface area contributed by atoms with E-state index >= 15 is 4.39 Å². The van der Waals surface area contributed by atoms with Gasteiger partial charge in [0.1, 0.15) is 17.0 Å². The van der Waals surface area contributed by atoms with E-state index in [1.54, 1.807) is 30.3 Å². The molecule has 0 radical (unpaired) electrons. The van der Waals surface area contributed by atoms with Gasteiger partial charge in [-0.1, -0.05) is 62.2 Å². The first-order valence-corrected chi connectivity index (χ1v) is 13.8. The molecule has 2 fully saturated rings. The topological polar surface area (TPSA) is 87.3 Å². The lowest BCUT2D eigenvalue weighted by molar-refractivity contribution is -0.126. The number of ketones is 1. The maximum atomic E-state index is 15.8. The van der Waals surface area contributed by atoms with E-state index in [0.29, 0.717) is 48.4 Å². The maximum absolute atomic E-state index is 15.8. The number of rotatable bonds is 4. The van der Waals surface area contributed by atoms with Crippen LogP contribution in [0.3, 0.4) is 0 Å². The Morgan fingerprint density at radius 2 is 1.84 bits per heavy atom. The van der Waals surface area contributed by atoms with Gasteiger partial charge in [0.15, 0.2) is 0 Å². The van der Waals surface area contributed by atoms with Gasteiger partial charge in [0.2, 0.25) is 11.8 Å². The van der Waals surface area contributed by atoms with Crippen molar-refractivity contribution in [1.29, 1.82) is 0 Å². The number of carbonyl (C=O) groups excluding carboxylic acids is 3. The lowest BCUT2D eigenvalue weighted by Gasteiger charge is -2.37. The van der Waals surface area contributed by atoms with Gasteiger partial charge in [-0.15, -0.1) is 0 Å². The van der Waals surface area contributed by atoms with Crippen LogP contribution in [-0.2, 0) is 19.8 Å². The lowest BCUT2D eigenvalue weighted by Crippen LogP contribution is -2.49. The second kappa shape index (κ2) is 9.92. The number of hydrogen-bond acceptors (Lipinski definition) is 4. The molecule has 1 saturated carbocycles. The van der Waals surface area contributed by atoms with Gasteiger partial charge in [-0.3, -0.25) is 14.4 Å². The van der Waals surface area contributed by atoms with Gasteiger partial charge in [-0.05, 0) is 54.0 Å². The highest BCUT2D eigenvalue weighted by molar-refractivity contribution is 6.31. The summed E-state index contributed by atoms with van der Waals surface area (Å²) in [6, 6.07) is 8.35. The Morgan fingerprint density at radius 1 is 1.13 bits per heavy atom. The number of nitrogens with one attached hydrogen (secondary N) is 3. The second-order valence-electron chi connectivity index (χ2n) is 11.9. The van der Waals surface area contributed by atoms with Crippen LogP contribution in [0.4, 0.5) is 10.1 Å². The molecular weight excluding hydrogens is 528 g/mol. The van der Waals surface area contributed by atoms with E-state index in [9.17, 15) is 14.4 Å². The predicted molar refractivity (Wildman–Crippen MR) is 146 cm³/mol. The molecule has 1 spiro atoms. The van der Waals surface area contributed by atoms with Gasteiger partial charge in [0.05, 0.1) is 11.1 Å². The van der Waals surface area contributed by atoms with Crippen molar-refractivity contribution in [3.63, 3.8) is 0 Å². The molecule has 1 aliphatic carbocycles. The van der Waals surface area contributed by atoms with E-state index in [1.165, 1.54) is 6.07 Å². The van der Waals surface area contributed by atoms with Crippen molar-refractivity contribution < 1.29 is 18.8 Å². The van der Waals surface area contributed by atoms with Crippen LogP contribution in [0, 0.1) is 11.2 Å². The average molecular weight is 560 g/mol. The molecule has 1 saturated heterocycles. The SMILES string of the molecule is CC(C)(C)CC1NC(C(=O)NC2CCC(=O)CC2)C(c2cccc(Cl)c2F)C12C(=O)Nc1cc(Cl)ccc12. The smallest absolute Gasteiger partial charge is 0.238 e. The zero-order valence-corrected chi connectivity index (χ0v) is 23.2. The number of carbonyl (C=O) groups is 3. The van der Waals surface area contributed by atoms with Crippen molar-refractivity contribution in [3.8, 4) is 0 Å². The highest BCUT2D eigenvalue weighted by Gasteiger charge is 2.66. The third-order valence-corrected chi connectivity index (χ3v) is 8.64. The summed E-state index contributed by atoms with van der Waals surface area (Å²) in [5.74, 6) is -1.97. The Bertz CT molecular complexity index is 1300. The molecule has 4 unspecified atom stereocenters.